The molecule has 0 aliphatic carbocycles. The summed E-state index contributed by atoms with van der Waals surface area (Å²) in [5.41, 5.74) is 0. The van der Waals surface area contributed by atoms with Crippen molar-refractivity contribution in [3.8, 4) is 0 Å². The van der Waals surface area contributed by atoms with Crippen LogP contribution in [0.3, 0.4) is 0 Å². The van der Waals surface area contributed by atoms with Crippen molar-refractivity contribution < 1.29 is 28.6 Å². The fraction of sp³-hybridized carbons (Fsp3) is 0.776. The molecule has 0 N–H and O–H groups in total. The molecule has 0 heterocycles. The summed E-state index contributed by atoms with van der Waals surface area (Å²) in [6, 6.07) is 0. The molecule has 0 saturated heterocycles. The smallest absolute Gasteiger partial charge is 0.306 e. The van der Waals surface area contributed by atoms with Crippen molar-refractivity contribution in [2.24, 2.45) is 0 Å². The Hall–Kier alpha value is -3.41. The highest BCUT2D eigenvalue weighted by atomic mass is 16.6. The molecule has 0 aromatic rings. The molecule has 0 aromatic heterocycles. The minimum atomic E-state index is -0.790. The molecular weight excluding hydrogens is 1010 g/mol. The highest BCUT2D eigenvalue weighted by Gasteiger charge is 2.19. The highest BCUT2D eigenvalue weighted by molar-refractivity contribution is 5.71. The topological polar surface area (TPSA) is 78.9 Å². The number of allylic oxidation sites excluding steroid dienone is 14. The second-order valence-corrected chi connectivity index (χ2v) is 23.8. The Morgan fingerprint density at radius 2 is 0.476 bits per heavy atom. The lowest BCUT2D eigenvalue weighted by Crippen LogP contribution is -2.30. The molecule has 0 spiro atoms. The van der Waals surface area contributed by atoms with E-state index in [1.165, 1.54) is 205 Å². The summed E-state index contributed by atoms with van der Waals surface area (Å²) in [6.07, 6.45) is 93.2. The number of hydrogen-bond acceptors (Lipinski definition) is 6. The molecular formula is C76H134O6. The quantitative estimate of drug-likeness (QED) is 0.0261. The van der Waals surface area contributed by atoms with Crippen LogP contribution in [0.4, 0.5) is 0 Å². The molecule has 1 unspecified atom stereocenters. The predicted molar refractivity (Wildman–Crippen MR) is 358 cm³/mol. The van der Waals surface area contributed by atoms with E-state index in [2.05, 4.69) is 106 Å². The van der Waals surface area contributed by atoms with E-state index in [1.54, 1.807) is 0 Å². The molecule has 0 rings (SSSR count). The molecule has 1 atom stereocenters. The Bertz CT molecular complexity index is 1550. The summed E-state index contributed by atoms with van der Waals surface area (Å²) in [5, 5.41) is 0. The maximum absolute atomic E-state index is 13.0. The van der Waals surface area contributed by atoms with E-state index < -0.39 is 6.10 Å². The van der Waals surface area contributed by atoms with Gasteiger partial charge in [0.05, 0.1) is 0 Å². The molecule has 0 fully saturated rings. The zero-order valence-corrected chi connectivity index (χ0v) is 54.5. The van der Waals surface area contributed by atoms with Crippen molar-refractivity contribution in [1.29, 1.82) is 0 Å². The SMILES string of the molecule is CC/C=C\C/C=C\C/C=C\C/C=C\C/C=C\CCCCCCCCCC(=O)OC(COC(=O)CCCCCCC/C=C\C/C=C\CCCCC)COC(=O)CCCCCCCCCCCCCCCCCCCCCCCCCCCC. The first-order chi connectivity index (χ1) is 40.5. The first-order valence-electron chi connectivity index (χ1n) is 35.6. The van der Waals surface area contributed by atoms with Gasteiger partial charge in [0, 0.05) is 19.3 Å². The molecule has 0 aliphatic rings. The van der Waals surface area contributed by atoms with E-state index in [4.69, 9.17) is 14.2 Å². The van der Waals surface area contributed by atoms with Crippen LogP contribution in [0.15, 0.2) is 85.1 Å². The maximum Gasteiger partial charge on any atom is 0.306 e. The third-order valence-corrected chi connectivity index (χ3v) is 15.6. The number of ether oxygens (including phenoxy) is 3. The van der Waals surface area contributed by atoms with Crippen molar-refractivity contribution in [2.45, 2.75) is 367 Å². The second kappa shape index (κ2) is 70.1. The molecule has 0 saturated carbocycles. The summed E-state index contributed by atoms with van der Waals surface area (Å²) < 4.78 is 17.0. The Morgan fingerprint density at radius 1 is 0.256 bits per heavy atom. The first-order valence-corrected chi connectivity index (χ1v) is 35.6. The third kappa shape index (κ3) is 67.4. The van der Waals surface area contributed by atoms with Crippen molar-refractivity contribution in [3.63, 3.8) is 0 Å². The van der Waals surface area contributed by atoms with Gasteiger partial charge in [-0.1, -0.05) is 331 Å². The number of hydrogen-bond donors (Lipinski definition) is 0. The number of carbonyl (C=O) groups excluding carboxylic acids is 3. The van der Waals surface area contributed by atoms with Crippen LogP contribution in [-0.4, -0.2) is 37.2 Å². The average Bonchev–Trinajstić information content (AvgIpc) is 3.47. The van der Waals surface area contributed by atoms with Gasteiger partial charge in [-0.15, -0.1) is 0 Å². The highest BCUT2D eigenvalue weighted by Crippen LogP contribution is 2.18. The largest absolute Gasteiger partial charge is 0.462 e. The standard InChI is InChI=1S/C76H134O6/c1-4-7-10-13-16-19-22-25-28-30-32-34-36-37-38-40-41-43-45-48-51-54-57-60-63-66-69-75(78)81-72-73(71-80-74(77)68-65-62-59-56-53-50-47-27-24-21-18-15-12-9-6-3)82-76(79)70-67-64-61-58-55-52-49-46-44-42-39-35-33-31-29-26-23-20-17-14-11-8-5-2/h8,11,17-18,20-21,26-27,29,33,35,42,44,47,73H,4-7,9-10,12-16,19,22-25,28,30-32,34,36-41,43,45-46,48-72H2,1-3H3/b11-8-,20-17-,21-18-,29-26-,35-33-,44-42-,47-27-. The molecule has 474 valence electrons. The monoisotopic (exact) mass is 1140 g/mol. The van der Waals surface area contributed by atoms with Gasteiger partial charge in [-0.05, 0) is 96.3 Å². The van der Waals surface area contributed by atoms with Gasteiger partial charge < -0.3 is 14.2 Å². The van der Waals surface area contributed by atoms with E-state index in [-0.39, 0.29) is 31.1 Å². The number of rotatable bonds is 65. The van der Waals surface area contributed by atoms with Gasteiger partial charge in [0.15, 0.2) is 6.10 Å². The fourth-order valence-electron chi connectivity index (χ4n) is 10.3. The van der Waals surface area contributed by atoms with E-state index >= 15 is 0 Å². The zero-order valence-electron chi connectivity index (χ0n) is 54.5. The summed E-state index contributed by atoms with van der Waals surface area (Å²) in [4.78, 5) is 38.5. The van der Waals surface area contributed by atoms with Gasteiger partial charge in [0.1, 0.15) is 13.2 Å². The fourth-order valence-corrected chi connectivity index (χ4v) is 10.3. The Morgan fingerprint density at radius 3 is 0.768 bits per heavy atom. The van der Waals surface area contributed by atoms with Gasteiger partial charge in [-0.25, -0.2) is 0 Å². The van der Waals surface area contributed by atoms with Crippen molar-refractivity contribution in [1.82, 2.24) is 0 Å². The summed E-state index contributed by atoms with van der Waals surface area (Å²) >= 11 is 0. The first kappa shape index (κ1) is 78.6. The van der Waals surface area contributed by atoms with Gasteiger partial charge in [0.25, 0.3) is 0 Å². The van der Waals surface area contributed by atoms with Crippen LogP contribution >= 0.6 is 0 Å². The molecule has 6 heteroatoms. The van der Waals surface area contributed by atoms with Crippen LogP contribution in [0.1, 0.15) is 361 Å². The molecule has 0 radical (unpaired) electrons. The van der Waals surface area contributed by atoms with E-state index in [0.29, 0.717) is 19.3 Å². The van der Waals surface area contributed by atoms with Crippen LogP contribution in [-0.2, 0) is 28.6 Å². The minimum absolute atomic E-state index is 0.0827. The number of esters is 3. The predicted octanol–water partition coefficient (Wildman–Crippen LogP) is 24.6. The number of unbranched alkanes of at least 4 members (excludes halogenated alkanes) is 40. The normalized spacial score (nSPS) is 12.6. The molecule has 6 nitrogen and oxygen atoms in total. The lowest BCUT2D eigenvalue weighted by atomic mass is 10.0. The number of carbonyl (C=O) groups is 3. The summed E-state index contributed by atoms with van der Waals surface area (Å²) in [7, 11) is 0. The van der Waals surface area contributed by atoms with Crippen molar-refractivity contribution in [3.05, 3.63) is 85.1 Å². The molecule has 0 bridgehead atoms. The molecule has 0 aliphatic heterocycles. The minimum Gasteiger partial charge on any atom is -0.462 e. The Balaban J connectivity index is 4.32. The maximum atomic E-state index is 13.0. The van der Waals surface area contributed by atoms with Gasteiger partial charge >= 0.3 is 17.9 Å². The summed E-state index contributed by atoms with van der Waals surface area (Å²) in [6.45, 7) is 6.53. The van der Waals surface area contributed by atoms with Gasteiger partial charge in [0.2, 0.25) is 0 Å². The Kier molecular flexibility index (Phi) is 67.2. The van der Waals surface area contributed by atoms with Gasteiger partial charge in [-0.3, -0.25) is 14.4 Å². The molecule has 0 amide bonds. The third-order valence-electron chi connectivity index (χ3n) is 15.6. The van der Waals surface area contributed by atoms with E-state index in [1.807, 2.05) is 0 Å². The van der Waals surface area contributed by atoms with Crippen LogP contribution in [0.2, 0.25) is 0 Å². The van der Waals surface area contributed by atoms with Crippen LogP contribution in [0, 0.1) is 0 Å². The molecule has 82 heavy (non-hydrogen) atoms. The van der Waals surface area contributed by atoms with Crippen LogP contribution in [0.25, 0.3) is 0 Å². The Labute approximate surface area is 509 Å². The zero-order chi connectivity index (χ0) is 59.2. The van der Waals surface area contributed by atoms with Crippen molar-refractivity contribution in [2.75, 3.05) is 13.2 Å². The average molecular weight is 1140 g/mol. The van der Waals surface area contributed by atoms with Crippen molar-refractivity contribution >= 4 is 17.9 Å². The van der Waals surface area contributed by atoms with Gasteiger partial charge in [-0.2, -0.15) is 0 Å². The lowest BCUT2D eigenvalue weighted by Gasteiger charge is -2.18. The molecule has 0 aromatic carbocycles. The van der Waals surface area contributed by atoms with E-state index in [9.17, 15) is 14.4 Å². The summed E-state index contributed by atoms with van der Waals surface area (Å²) in [5.74, 6) is -0.889. The van der Waals surface area contributed by atoms with Crippen LogP contribution in [0.5, 0.6) is 0 Å². The van der Waals surface area contributed by atoms with Crippen LogP contribution < -0.4 is 0 Å². The second-order valence-electron chi connectivity index (χ2n) is 23.8. The lowest BCUT2D eigenvalue weighted by molar-refractivity contribution is -0.167. The van der Waals surface area contributed by atoms with E-state index in [0.717, 1.165) is 116 Å².